The first-order chi connectivity index (χ1) is 17.0. The van der Waals surface area contributed by atoms with Gasteiger partial charge in [0.05, 0.1) is 12.6 Å². The molecule has 4 rings (SSSR count). The first-order valence-electron chi connectivity index (χ1n) is 12.7. The summed E-state index contributed by atoms with van der Waals surface area (Å²) in [6.07, 6.45) is 7.36. The molecular weight excluding hydrogens is 442 g/mol. The van der Waals surface area contributed by atoms with Crippen molar-refractivity contribution in [2.24, 2.45) is 5.92 Å². The Morgan fingerprint density at radius 3 is 2.06 bits per heavy atom. The number of nitrogens with zero attached hydrogens (tertiary/aromatic N) is 1. The van der Waals surface area contributed by atoms with Crippen molar-refractivity contribution in [1.82, 2.24) is 15.5 Å². The predicted octanol–water partition coefficient (Wildman–Crippen LogP) is 2.73. The van der Waals surface area contributed by atoms with Crippen molar-refractivity contribution in [3.63, 3.8) is 0 Å². The van der Waals surface area contributed by atoms with Gasteiger partial charge in [-0.15, -0.1) is 0 Å². The largest absolute Gasteiger partial charge is 0.372 e. The van der Waals surface area contributed by atoms with E-state index in [0.29, 0.717) is 36.6 Å². The number of amides is 3. The normalized spacial score (nSPS) is 19.3. The molecule has 0 aromatic heterocycles. The lowest BCUT2D eigenvalue weighted by molar-refractivity contribution is -0.143. The van der Waals surface area contributed by atoms with Crippen LogP contribution in [0.3, 0.4) is 0 Å². The number of hydrogen-bond acceptors (Lipinski definition) is 5. The van der Waals surface area contributed by atoms with Gasteiger partial charge in [0, 0.05) is 6.54 Å². The van der Waals surface area contributed by atoms with Gasteiger partial charge in [-0.1, -0.05) is 79.9 Å². The fourth-order valence-corrected chi connectivity index (χ4v) is 5.28. The minimum Gasteiger partial charge on any atom is -0.372 e. The second kappa shape index (κ2) is 11.6. The molecule has 1 atom stereocenters. The monoisotopic (exact) mass is 477 g/mol. The third kappa shape index (κ3) is 5.97. The van der Waals surface area contributed by atoms with Gasteiger partial charge in [-0.3, -0.25) is 24.6 Å². The summed E-state index contributed by atoms with van der Waals surface area (Å²) in [7, 11) is 0. The Kier molecular flexibility index (Phi) is 8.31. The van der Waals surface area contributed by atoms with Crippen molar-refractivity contribution in [2.75, 3.05) is 19.6 Å². The lowest BCUT2D eigenvalue weighted by Gasteiger charge is -2.29. The molecule has 0 spiro atoms. The molecule has 0 unspecified atom stereocenters. The van der Waals surface area contributed by atoms with Gasteiger partial charge in [0.25, 0.3) is 5.91 Å². The van der Waals surface area contributed by atoms with E-state index in [4.69, 9.17) is 0 Å². The van der Waals surface area contributed by atoms with Crippen molar-refractivity contribution in [1.29, 1.82) is 0 Å². The summed E-state index contributed by atoms with van der Waals surface area (Å²) in [6, 6.07) is 16.6. The van der Waals surface area contributed by atoms with Crippen LogP contribution in [-0.4, -0.2) is 53.4 Å². The smallest absolute Gasteiger partial charge is 0.267 e. The van der Waals surface area contributed by atoms with Gasteiger partial charge >= 0.3 is 0 Å². The van der Waals surface area contributed by atoms with Crippen LogP contribution in [-0.2, 0) is 20.0 Å². The Labute approximate surface area is 206 Å². The average Bonchev–Trinajstić information content (AvgIpc) is 3.36. The molecule has 186 valence electrons. The Morgan fingerprint density at radius 1 is 0.857 bits per heavy atom. The predicted molar refractivity (Wildman–Crippen MR) is 133 cm³/mol. The van der Waals surface area contributed by atoms with E-state index < -0.39 is 23.5 Å². The van der Waals surface area contributed by atoms with E-state index in [1.54, 1.807) is 60.7 Å². The molecule has 0 radical (unpaired) electrons. The summed E-state index contributed by atoms with van der Waals surface area (Å²) in [5, 5.41) is 17.0. The molecular formula is C28H35N3O4. The van der Waals surface area contributed by atoms with Gasteiger partial charge in [-0.05, 0) is 49.3 Å². The SMILES string of the molecule is O=C(CN1CCC[C@H]1C(=O)NC(=O)C(O)(c1ccccc1)c1ccccc1)NCC1CCCCC1. The Morgan fingerprint density at radius 2 is 1.46 bits per heavy atom. The third-order valence-electron chi connectivity index (χ3n) is 7.27. The highest BCUT2D eigenvalue weighted by Crippen LogP contribution is 2.30. The Hall–Kier alpha value is -3.03. The van der Waals surface area contributed by atoms with Crippen molar-refractivity contribution < 1.29 is 19.5 Å². The van der Waals surface area contributed by atoms with E-state index >= 15 is 0 Å². The number of likely N-dealkylation sites (tertiary alicyclic amines) is 1. The number of rotatable bonds is 8. The van der Waals surface area contributed by atoms with E-state index in [9.17, 15) is 19.5 Å². The third-order valence-corrected chi connectivity index (χ3v) is 7.27. The molecule has 2 fully saturated rings. The van der Waals surface area contributed by atoms with Gasteiger partial charge < -0.3 is 10.4 Å². The van der Waals surface area contributed by atoms with Crippen molar-refractivity contribution >= 4 is 17.7 Å². The molecule has 2 aliphatic rings. The summed E-state index contributed by atoms with van der Waals surface area (Å²) in [5.74, 6) is -0.838. The van der Waals surface area contributed by atoms with Crippen molar-refractivity contribution in [2.45, 2.75) is 56.6 Å². The van der Waals surface area contributed by atoms with Gasteiger partial charge in [0.1, 0.15) is 0 Å². The Bertz CT molecular complexity index is 966. The van der Waals surface area contributed by atoms with E-state index in [1.807, 2.05) is 4.90 Å². The van der Waals surface area contributed by atoms with E-state index in [-0.39, 0.29) is 12.5 Å². The maximum atomic E-state index is 13.4. The summed E-state index contributed by atoms with van der Waals surface area (Å²) in [6.45, 7) is 1.43. The highest BCUT2D eigenvalue weighted by atomic mass is 16.3. The maximum Gasteiger partial charge on any atom is 0.267 e. The molecule has 1 aliphatic carbocycles. The van der Waals surface area contributed by atoms with Gasteiger partial charge in [-0.2, -0.15) is 0 Å². The molecule has 3 N–H and O–H groups in total. The number of hydrogen-bond donors (Lipinski definition) is 3. The maximum absolute atomic E-state index is 13.4. The fraction of sp³-hybridized carbons (Fsp3) is 0.464. The molecule has 2 aromatic carbocycles. The zero-order valence-corrected chi connectivity index (χ0v) is 20.1. The number of benzene rings is 2. The molecule has 0 bridgehead atoms. The van der Waals surface area contributed by atoms with Crippen LogP contribution in [0.5, 0.6) is 0 Å². The lowest BCUT2D eigenvalue weighted by atomic mass is 9.85. The van der Waals surface area contributed by atoms with Crippen LogP contribution in [0.25, 0.3) is 0 Å². The molecule has 1 saturated carbocycles. The number of nitrogens with one attached hydrogen (secondary N) is 2. The van der Waals surface area contributed by atoms with Gasteiger partial charge in [0.2, 0.25) is 11.8 Å². The highest BCUT2D eigenvalue weighted by Gasteiger charge is 2.42. The van der Waals surface area contributed by atoms with Crippen LogP contribution in [0.15, 0.2) is 60.7 Å². The number of aliphatic hydroxyl groups is 1. The first kappa shape index (κ1) is 25.1. The molecule has 1 saturated heterocycles. The zero-order valence-electron chi connectivity index (χ0n) is 20.1. The van der Waals surface area contributed by atoms with E-state index in [2.05, 4.69) is 10.6 Å². The van der Waals surface area contributed by atoms with Crippen LogP contribution in [0.2, 0.25) is 0 Å². The molecule has 3 amide bonds. The lowest BCUT2D eigenvalue weighted by Crippen LogP contribution is -2.53. The van der Waals surface area contributed by atoms with Gasteiger partial charge in [0.15, 0.2) is 5.60 Å². The number of carbonyl (C=O) groups excluding carboxylic acids is 3. The summed E-state index contributed by atoms with van der Waals surface area (Å²) < 4.78 is 0. The second-order valence-electron chi connectivity index (χ2n) is 9.70. The van der Waals surface area contributed by atoms with Crippen LogP contribution in [0.4, 0.5) is 0 Å². The zero-order chi connectivity index (χ0) is 24.7. The molecule has 7 nitrogen and oxygen atoms in total. The van der Waals surface area contributed by atoms with Crippen molar-refractivity contribution in [3.8, 4) is 0 Å². The number of carbonyl (C=O) groups is 3. The van der Waals surface area contributed by atoms with Crippen molar-refractivity contribution in [3.05, 3.63) is 71.8 Å². The quantitative estimate of drug-likeness (QED) is 0.543. The minimum absolute atomic E-state index is 0.0910. The molecule has 35 heavy (non-hydrogen) atoms. The van der Waals surface area contributed by atoms with E-state index in [0.717, 1.165) is 19.3 Å². The minimum atomic E-state index is -2.01. The van der Waals surface area contributed by atoms with E-state index in [1.165, 1.54) is 19.3 Å². The molecule has 2 aromatic rings. The van der Waals surface area contributed by atoms with Crippen LogP contribution in [0.1, 0.15) is 56.1 Å². The Balaban J connectivity index is 1.40. The fourth-order valence-electron chi connectivity index (χ4n) is 5.28. The summed E-state index contributed by atoms with van der Waals surface area (Å²) in [5.41, 5.74) is -1.26. The topological polar surface area (TPSA) is 98.7 Å². The molecule has 1 aliphatic heterocycles. The van der Waals surface area contributed by atoms with Crippen LogP contribution >= 0.6 is 0 Å². The summed E-state index contributed by atoms with van der Waals surface area (Å²) >= 11 is 0. The summed E-state index contributed by atoms with van der Waals surface area (Å²) in [4.78, 5) is 40.9. The highest BCUT2D eigenvalue weighted by molar-refractivity contribution is 6.03. The van der Waals surface area contributed by atoms with Gasteiger partial charge in [-0.25, -0.2) is 0 Å². The van der Waals surface area contributed by atoms with Crippen LogP contribution < -0.4 is 10.6 Å². The standard InChI is InChI=1S/C28H35N3O4/c32-25(29-19-21-11-4-1-5-12-21)20-31-18-10-17-24(31)26(33)30-27(34)28(35,22-13-6-2-7-14-22)23-15-8-3-9-16-23/h2-3,6-9,13-16,21,24,35H,1,4-5,10-12,17-20H2,(H,29,32)(H,30,33,34)/t24-/m0/s1. The average molecular weight is 478 g/mol. The molecule has 7 heteroatoms. The van der Waals surface area contributed by atoms with Crippen LogP contribution in [0, 0.1) is 5.92 Å². The molecule has 1 heterocycles. The number of imide groups is 1. The second-order valence-corrected chi connectivity index (χ2v) is 9.70. The first-order valence-corrected chi connectivity index (χ1v) is 12.7.